The van der Waals surface area contributed by atoms with Gasteiger partial charge in [0.1, 0.15) is 0 Å². The summed E-state index contributed by atoms with van der Waals surface area (Å²) in [6.07, 6.45) is -0.843. The van der Waals surface area contributed by atoms with Crippen LogP contribution in [0.1, 0.15) is 24.1 Å². The van der Waals surface area contributed by atoms with E-state index in [1.54, 1.807) is 4.90 Å². The number of benzene rings is 2. The summed E-state index contributed by atoms with van der Waals surface area (Å²) in [6.45, 7) is 4.19. The second-order valence-corrected chi connectivity index (χ2v) is 6.13. The molecule has 1 aliphatic heterocycles. The highest BCUT2D eigenvalue weighted by molar-refractivity contribution is 5.66. The Morgan fingerprint density at radius 2 is 1.65 bits per heavy atom. The minimum Gasteiger partial charge on any atom is -0.465 e. The smallest absolute Gasteiger partial charge is 0.407 e. The Hall–Kier alpha value is -2.33. The van der Waals surface area contributed by atoms with Crippen LogP contribution in [0, 0.1) is 0 Å². The van der Waals surface area contributed by atoms with Crippen molar-refractivity contribution in [1.29, 1.82) is 0 Å². The molecule has 0 radical (unpaired) electrons. The average molecular weight is 310 g/mol. The van der Waals surface area contributed by atoms with E-state index in [9.17, 15) is 9.90 Å². The molecular formula is C19H22N2O2. The minimum atomic E-state index is -0.843. The first-order chi connectivity index (χ1) is 11.1. The maximum atomic E-state index is 11.7. The van der Waals surface area contributed by atoms with Crippen LogP contribution in [-0.4, -0.2) is 40.1 Å². The lowest BCUT2D eigenvalue weighted by Crippen LogP contribution is -2.54. The van der Waals surface area contributed by atoms with Gasteiger partial charge in [0.25, 0.3) is 0 Å². The lowest BCUT2D eigenvalue weighted by atomic mass is 9.99. The van der Waals surface area contributed by atoms with Crippen LogP contribution in [0.3, 0.4) is 0 Å². The third kappa shape index (κ3) is 3.54. The Morgan fingerprint density at radius 3 is 2.26 bits per heavy atom. The van der Waals surface area contributed by atoms with Crippen molar-refractivity contribution in [1.82, 2.24) is 9.80 Å². The van der Waals surface area contributed by atoms with E-state index in [1.165, 1.54) is 5.56 Å². The van der Waals surface area contributed by atoms with Crippen molar-refractivity contribution in [2.75, 3.05) is 13.1 Å². The summed E-state index contributed by atoms with van der Waals surface area (Å²) in [4.78, 5) is 15.6. The van der Waals surface area contributed by atoms with E-state index in [4.69, 9.17) is 0 Å². The van der Waals surface area contributed by atoms with Crippen molar-refractivity contribution in [3.05, 3.63) is 71.8 Å². The van der Waals surface area contributed by atoms with Gasteiger partial charge in [-0.25, -0.2) is 4.79 Å². The number of nitrogens with zero attached hydrogens (tertiary/aromatic N) is 2. The van der Waals surface area contributed by atoms with Gasteiger partial charge in [-0.1, -0.05) is 60.7 Å². The quantitative estimate of drug-likeness (QED) is 0.942. The van der Waals surface area contributed by atoms with Crippen LogP contribution in [0.15, 0.2) is 60.7 Å². The van der Waals surface area contributed by atoms with Crippen molar-refractivity contribution in [3.63, 3.8) is 0 Å². The van der Waals surface area contributed by atoms with Crippen molar-refractivity contribution in [2.24, 2.45) is 0 Å². The van der Waals surface area contributed by atoms with Gasteiger partial charge < -0.3 is 5.11 Å². The minimum absolute atomic E-state index is 0.117. The van der Waals surface area contributed by atoms with Crippen LogP contribution in [-0.2, 0) is 6.54 Å². The Kier molecular flexibility index (Phi) is 4.63. The molecule has 1 fully saturated rings. The molecule has 2 aromatic carbocycles. The second-order valence-electron chi connectivity index (χ2n) is 6.13. The molecule has 0 saturated carbocycles. The van der Waals surface area contributed by atoms with E-state index in [0.717, 1.165) is 12.1 Å². The third-order valence-corrected chi connectivity index (χ3v) is 4.53. The molecule has 1 heterocycles. The average Bonchev–Trinajstić information content (AvgIpc) is 2.58. The van der Waals surface area contributed by atoms with E-state index < -0.39 is 6.09 Å². The zero-order valence-electron chi connectivity index (χ0n) is 13.3. The molecule has 120 valence electrons. The Balaban J connectivity index is 1.82. The SMILES string of the molecule is C[C@@H]1CN(C(=O)O)[C@@H](c2ccccc2)CN1Cc1ccccc1. The lowest BCUT2D eigenvalue weighted by molar-refractivity contribution is 0.0328. The molecule has 3 rings (SSSR count). The van der Waals surface area contributed by atoms with Gasteiger partial charge in [-0.15, -0.1) is 0 Å². The molecule has 4 nitrogen and oxygen atoms in total. The molecular weight excluding hydrogens is 288 g/mol. The lowest BCUT2D eigenvalue weighted by Gasteiger charge is -2.44. The molecule has 0 unspecified atom stereocenters. The van der Waals surface area contributed by atoms with Gasteiger partial charge in [0.15, 0.2) is 0 Å². The molecule has 1 N–H and O–H groups in total. The summed E-state index contributed by atoms with van der Waals surface area (Å²) in [5, 5.41) is 9.57. The van der Waals surface area contributed by atoms with Crippen molar-refractivity contribution in [2.45, 2.75) is 25.6 Å². The Labute approximate surface area is 137 Å². The monoisotopic (exact) mass is 310 g/mol. The van der Waals surface area contributed by atoms with Crippen LogP contribution in [0.2, 0.25) is 0 Å². The number of carbonyl (C=O) groups is 1. The van der Waals surface area contributed by atoms with E-state index >= 15 is 0 Å². The zero-order valence-corrected chi connectivity index (χ0v) is 13.3. The molecule has 1 aliphatic rings. The molecule has 1 amide bonds. The summed E-state index contributed by atoms with van der Waals surface area (Å²) in [5.74, 6) is 0. The van der Waals surface area contributed by atoms with Gasteiger partial charge >= 0.3 is 6.09 Å². The first kappa shape index (κ1) is 15.6. The molecule has 2 atom stereocenters. The van der Waals surface area contributed by atoms with Gasteiger partial charge in [0.05, 0.1) is 6.04 Å². The van der Waals surface area contributed by atoms with Crippen LogP contribution in [0.25, 0.3) is 0 Å². The predicted molar refractivity (Wildman–Crippen MR) is 90.2 cm³/mol. The van der Waals surface area contributed by atoms with Gasteiger partial charge in [-0.3, -0.25) is 9.80 Å². The van der Waals surface area contributed by atoms with E-state index in [-0.39, 0.29) is 12.1 Å². The fourth-order valence-corrected chi connectivity index (χ4v) is 3.24. The zero-order chi connectivity index (χ0) is 16.2. The maximum absolute atomic E-state index is 11.7. The third-order valence-electron chi connectivity index (χ3n) is 4.53. The maximum Gasteiger partial charge on any atom is 0.407 e. The van der Waals surface area contributed by atoms with Gasteiger partial charge in [-0.05, 0) is 18.1 Å². The topological polar surface area (TPSA) is 43.8 Å². The fraction of sp³-hybridized carbons (Fsp3) is 0.316. The fourth-order valence-electron chi connectivity index (χ4n) is 3.24. The first-order valence-electron chi connectivity index (χ1n) is 7.97. The summed E-state index contributed by atoms with van der Waals surface area (Å²) in [6, 6.07) is 20.3. The Morgan fingerprint density at radius 1 is 1.04 bits per heavy atom. The highest BCUT2D eigenvalue weighted by atomic mass is 16.4. The number of amides is 1. The van der Waals surface area contributed by atoms with Crippen LogP contribution < -0.4 is 0 Å². The molecule has 0 bridgehead atoms. The molecule has 0 aromatic heterocycles. The summed E-state index contributed by atoms with van der Waals surface area (Å²) in [5.41, 5.74) is 2.31. The van der Waals surface area contributed by atoms with Crippen molar-refractivity contribution in [3.8, 4) is 0 Å². The number of piperazine rings is 1. The largest absolute Gasteiger partial charge is 0.465 e. The van der Waals surface area contributed by atoms with Crippen molar-refractivity contribution < 1.29 is 9.90 Å². The number of hydrogen-bond acceptors (Lipinski definition) is 2. The summed E-state index contributed by atoms with van der Waals surface area (Å²) < 4.78 is 0. The summed E-state index contributed by atoms with van der Waals surface area (Å²) in [7, 11) is 0. The van der Waals surface area contributed by atoms with E-state index in [0.29, 0.717) is 13.1 Å². The van der Waals surface area contributed by atoms with Gasteiger partial charge in [-0.2, -0.15) is 0 Å². The molecule has 23 heavy (non-hydrogen) atoms. The number of carboxylic acid groups (broad SMARTS) is 1. The Bertz CT molecular complexity index is 645. The molecule has 0 spiro atoms. The highest BCUT2D eigenvalue weighted by Crippen LogP contribution is 2.29. The van der Waals surface area contributed by atoms with Crippen LogP contribution >= 0.6 is 0 Å². The molecule has 1 saturated heterocycles. The second kappa shape index (κ2) is 6.84. The molecule has 4 heteroatoms. The van der Waals surface area contributed by atoms with Gasteiger partial charge in [0, 0.05) is 25.7 Å². The predicted octanol–water partition coefficient (Wildman–Crippen LogP) is 3.61. The first-order valence-corrected chi connectivity index (χ1v) is 7.97. The van der Waals surface area contributed by atoms with Gasteiger partial charge in [0.2, 0.25) is 0 Å². The summed E-state index contributed by atoms with van der Waals surface area (Å²) >= 11 is 0. The van der Waals surface area contributed by atoms with Crippen LogP contribution in [0.4, 0.5) is 4.79 Å². The van der Waals surface area contributed by atoms with Crippen LogP contribution in [0.5, 0.6) is 0 Å². The highest BCUT2D eigenvalue weighted by Gasteiger charge is 2.35. The number of hydrogen-bond donors (Lipinski definition) is 1. The standard InChI is InChI=1S/C19H22N2O2/c1-15-12-21(19(22)23)18(17-10-6-3-7-11-17)14-20(15)13-16-8-4-2-5-9-16/h2-11,15,18H,12-14H2,1H3,(H,22,23)/t15-,18-/m1/s1. The van der Waals surface area contributed by atoms with E-state index in [2.05, 4.69) is 24.0 Å². The van der Waals surface area contributed by atoms with Crippen molar-refractivity contribution >= 4 is 6.09 Å². The molecule has 0 aliphatic carbocycles. The van der Waals surface area contributed by atoms with E-state index in [1.807, 2.05) is 48.5 Å². The normalized spacial score (nSPS) is 22.0. The number of rotatable bonds is 3. The molecule has 2 aromatic rings.